The molecule has 0 radical (unpaired) electrons. The number of ether oxygens (including phenoxy) is 4. The molecule has 3 aromatic rings. The third-order valence-corrected chi connectivity index (χ3v) is 5.23. The number of methoxy groups -OCH3 is 3. The van der Waals surface area contributed by atoms with Gasteiger partial charge in [-0.1, -0.05) is 17.3 Å². The highest BCUT2D eigenvalue weighted by molar-refractivity contribution is 5.93. The van der Waals surface area contributed by atoms with Crippen molar-refractivity contribution in [2.45, 2.75) is 25.8 Å². The van der Waals surface area contributed by atoms with Crippen LogP contribution in [0.4, 0.5) is 0 Å². The van der Waals surface area contributed by atoms with E-state index in [-0.39, 0.29) is 30.9 Å². The van der Waals surface area contributed by atoms with Gasteiger partial charge in [0.05, 0.1) is 40.2 Å². The Bertz CT molecular complexity index is 1060. The average molecular weight is 424 g/mol. The summed E-state index contributed by atoms with van der Waals surface area (Å²) in [6.07, 6.45) is -0.169. The van der Waals surface area contributed by atoms with Crippen LogP contribution in [0.5, 0.6) is 17.2 Å². The Morgan fingerprint density at radius 1 is 1.10 bits per heavy atom. The fraction of sp³-hybridized carbons (Fsp3) is 0.318. The van der Waals surface area contributed by atoms with Crippen LogP contribution in [0.15, 0.2) is 42.5 Å². The van der Waals surface area contributed by atoms with E-state index >= 15 is 0 Å². The van der Waals surface area contributed by atoms with Crippen molar-refractivity contribution in [2.24, 2.45) is 0 Å². The van der Waals surface area contributed by atoms with Crippen molar-refractivity contribution in [1.82, 2.24) is 20.3 Å². The summed E-state index contributed by atoms with van der Waals surface area (Å²) in [5.41, 5.74) is 2.72. The molecule has 0 saturated carbocycles. The summed E-state index contributed by atoms with van der Waals surface area (Å²) < 4.78 is 23.5. The molecule has 0 spiro atoms. The number of aromatic nitrogens is 3. The van der Waals surface area contributed by atoms with E-state index in [0.29, 0.717) is 23.7 Å². The molecule has 9 heteroatoms. The Balaban J connectivity index is 1.44. The molecule has 1 N–H and O–H groups in total. The maximum atomic E-state index is 12.8. The van der Waals surface area contributed by atoms with Gasteiger partial charge in [-0.15, -0.1) is 5.10 Å². The van der Waals surface area contributed by atoms with Crippen LogP contribution in [0, 0.1) is 0 Å². The van der Waals surface area contributed by atoms with E-state index in [2.05, 4.69) is 15.6 Å². The number of nitrogens with zero attached hydrogens (tertiary/aromatic N) is 3. The maximum Gasteiger partial charge on any atom is 0.274 e. The van der Waals surface area contributed by atoms with Crippen LogP contribution in [-0.4, -0.2) is 42.2 Å². The molecular formula is C22H24N4O5. The number of rotatable bonds is 7. The number of carbonyl (C=O) groups excluding carboxylic acids is 1. The first-order chi connectivity index (χ1) is 15.1. The number of hydrogen-bond acceptors (Lipinski definition) is 7. The second kappa shape index (κ2) is 9.05. The van der Waals surface area contributed by atoms with Crippen molar-refractivity contribution in [3.63, 3.8) is 0 Å². The van der Waals surface area contributed by atoms with Gasteiger partial charge in [-0.2, -0.15) is 0 Å². The van der Waals surface area contributed by atoms with Crippen molar-refractivity contribution in [1.29, 1.82) is 0 Å². The molecule has 162 valence electrons. The molecule has 0 saturated heterocycles. The van der Waals surface area contributed by atoms with E-state index in [9.17, 15) is 4.79 Å². The smallest absolute Gasteiger partial charge is 0.274 e. The van der Waals surface area contributed by atoms with E-state index in [1.807, 2.05) is 30.3 Å². The minimum atomic E-state index is -0.322. The van der Waals surface area contributed by atoms with Crippen LogP contribution in [0.25, 0.3) is 0 Å². The van der Waals surface area contributed by atoms with Gasteiger partial charge in [0.15, 0.2) is 5.69 Å². The lowest BCUT2D eigenvalue weighted by Crippen LogP contribution is -2.27. The highest BCUT2D eigenvalue weighted by Gasteiger charge is 2.27. The summed E-state index contributed by atoms with van der Waals surface area (Å²) in [7, 11) is 4.80. The predicted molar refractivity (Wildman–Crippen MR) is 111 cm³/mol. The molecule has 1 aromatic heterocycles. The van der Waals surface area contributed by atoms with Crippen LogP contribution in [0.3, 0.4) is 0 Å². The van der Waals surface area contributed by atoms with Gasteiger partial charge in [0.1, 0.15) is 23.4 Å². The molecule has 1 atom stereocenters. The first kappa shape index (κ1) is 20.7. The minimum absolute atomic E-state index is 0.169. The highest BCUT2D eigenvalue weighted by Crippen LogP contribution is 2.28. The van der Waals surface area contributed by atoms with Gasteiger partial charge in [-0.25, -0.2) is 4.68 Å². The largest absolute Gasteiger partial charge is 0.497 e. The second-order valence-corrected chi connectivity index (χ2v) is 7.00. The van der Waals surface area contributed by atoms with Crippen molar-refractivity contribution < 1.29 is 23.7 Å². The Labute approximate surface area is 179 Å². The summed E-state index contributed by atoms with van der Waals surface area (Å²) in [5.74, 6) is 1.81. The van der Waals surface area contributed by atoms with Gasteiger partial charge >= 0.3 is 0 Å². The number of hydrogen-bond donors (Lipinski definition) is 1. The number of benzene rings is 2. The topological polar surface area (TPSA) is 96.7 Å². The third kappa shape index (κ3) is 4.31. The lowest BCUT2D eigenvalue weighted by Gasteiger charge is -2.24. The zero-order valence-electron chi connectivity index (χ0n) is 17.6. The van der Waals surface area contributed by atoms with Crippen LogP contribution < -0.4 is 19.5 Å². The molecule has 1 aliphatic heterocycles. The summed E-state index contributed by atoms with van der Waals surface area (Å²) in [6, 6.07) is 13.1. The quantitative estimate of drug-likeness (QED) is 0.622. The van der Waals surface area contributed by atoms with Gasteiger partial charge in [0.2, 0.25) is 0 Å². The zero-order chi connectivity index (χ0) is 21.8. The molecule has 1 unspecified atom stereocenters. The maximum absolute atomic E-state index is 12.8. The Morgan fingerprint density at radius 3 is 2.55 bits per heavy atom. The molecule has 1 aliphatic rings. The van der Waals surface area contributed by atoms with Gasteiger partial charge < -0.3 is 24.3 Å². The van der Waals surface area contributed by atoms with Gasteiger partial charge in [-0.3, -0.25) is 4.79 Å². The monoisotopic (exact) mass is 424 g/mol. The van der Waals surface area contributed by atoms with Crippen molar-refractivity contribution in [2.75, 3.05) is 21.3 Å². The summed E-state index contributed by atoms with van der Waals surface area (Å²) in [4.78, 5) is 12.8. The third-order valence-electron chi connectivity index (χ3n) is 5.23. The van der Waals surface area contributed by atoms with Crippen LogP contribution >= 0.6 is 0 Å². The Kier molecular flexibility index (Phi) is 6.03. The molecule has 4 rings (SSSR count). The zero-order valence-corrected chi connectivity index (χ0v) is 17.6. The summed E-state index contributed by atoms with van der Waals surface area (Å²) in [5, 5.41) is 11.1. The summed E-state index contributed by atoms with van der Waals surface area (Å²) in [6.45, 7) is 0.988. The molecule has 0 bridgehead atoms. The van der Waals surface area contributed by atoms with Gasteiger partial charge in [0.25, 0.3) is 5.91 Å². The first-order valence-corrected chi connectivity index (χ1v) is 9.80. The first-order valence-electron chi connectivity index (χ1n) is 9.80. The Hall–Kier alpha value is -3.59. The van der Waals surface area contributed by atoms with E-state index < -0.39 is 0 Å². The van der Waals surface area contributed by atoms with E-state index in [1.165, 1.54) is 0 Å². The molecule has 2 aromatic carbocycles. The fourth-order valence-electron chi connectivity index (χ4n) is 3.49. The normalized spacial score (nSPS) is 15.1. The highest BCUT2D eigenvalue weighted by atomic mass is 16.5. The van der Waals surface area contributed by atoms with Crippen LogP contribution in [-0.2, 0) is 24.4 Å². The van der Waals surface area contributed by atoms with Crippen molar-refractivity contribution in [3.8, 4) is 17.2 Å². The van der Waals surface area contributed by atoms with Crippen molar-refractivity contribution >= 4 is 5.91 Å². The number of fused-ring (bicyclic) bond motifs is 1. The Morgan fingerprint density at radius 2 is 1.84 bits per heavy atom. The van der Waals surface area contributed by atoms with E-state index in [0.717, 1.165) is 16.9 Å². The molecule has 9 nitrogen and oxygen atoms in total. The van der Waals surface area contributed by atoms with Gasteiger partial charge in [0, 0.05) is 12.1 Å². The molecular weight excluding hydrogens is 400 g/mol. The van der Waals surface area contributed by atoms with Crippen LogP contribution in [0.1, 0.15) is 33.4 Å². The lowest BCUT2D eigenvalue weighted by atomic mass is 10.1. The molecule has 0 fully saturated rings. The number of nitrogens with one attached hydrogen (secondary N) is 1. The molecule has 2 heterocycles. The van der Waals surface area contributed by atoms with Crippen LogP contribution in [0.2, 0.25) is 0 Å². The summed E-state index contributed by atoms with van der Waals surface area (Å²) >= 11 is 0. The fourth-order valence-corrected chi connectivity index (χ4v) is 3.49. The SMILES string of the molecule is COc1ccc(C2Cn3nnc(C(=O)NCc4cc(OC)ccc4OC)c3CO2)cc1. The standard InChI is InChI=1S/C22H24N4O5/c1-28-16-6-4-14(5-7-16)20-12-26-18(13-31-20)21(24-25-26)22(27)23-11-15-10-17(29-2)8-9-19(15)30-3/h4-10,20H,11-13H2,1-3H3,(H,23,27). The number of amides is 1. The molecule has 31 heavy (non-hydrogen) atoms. The van der Waals surface area contributed by atoms with E-state index in [4.69, 9.17) is 18.9 Å². The lowest BCUT2D eigenvalue weighted by molar-refractivity contribution is -0.00179. The molecule has 1 amide bonds. The van der Waals surface area contributed by atoms with E-state index in [1.54, 1.807) is 38.1 Å². The van der Waals surface area contributed by atoms with Gasteiger partial charge in [-0.05, 0) is 35.9 Å². The average Bonchev–Trinajstić information content (AvgIpc) is 3.25. The van der Waals surface area contributed by atoms with Crippen molar-refractivity contribution in [3.05, 3.63) is 65.0 Å². The minimum Gasteiger partial charge on any atom is -0.497 e. The predicted octanol–water partition coefficient (Wildman–Crippen LogP) is 2.51. The second-order valence-electron chi connectivity index (χ2n) is 7.00. The molecule has 0 aliphatic carbocycles. The number of carbonyl (C=O) groups is 1.